The van der Waals surface area contributed by atoms with Gasteiger partial charge in [0.25, 0.3) is 0 Å². The van der Waals surface area contributed by atoms with E-state index in [-0.39, 0.29) is 11.9 Å². The Labute approximate surface area is 60.7 Å². The van der Waals surface area contributed by atoms with E-state index in [1.54, 1.807) is 11.9 Å². The molecule has 1 fully saturated rings. The average Bonchev–Trinajstić information content (AvgIpc) is 2.17. The van der Waals surface area contributed by atoms with Gasteiger partial charge in [0.1, 0.15) is 11.9 Å². The van der Waals surface area contributed by atoms with Gasteiger partial charge >= 0.3 is 0 Å². The highest BCUT2D eigenvalue weighted by atomic mass is 16.2. The summed E-state index contributed by atoms with van der Waals surface area (Å²) in [6.07, 6.45) is 0.822. The van der Waals surface area contributed by atoms with Crippen LogP contribution < -0.4 is 5.32 Å². The standard InChI is InChI=1S/C7H12N2O/c1-4-6-7(10)9(3)5(2)8-6/h6,8H,2,4H2,1,3H3. The van der Waals surface area contributed by atoms with Gasteiger partial charge < -0.3 is 10.2 Å². The molecule has 0 aromatic rings. The molecule has 1 aliphatic rings. The summed E-state index contributed by atoms with van der Waals surface area (Å²) in [5.74, 6) is 0.823. The smallest absolute Gasteiger partial charge is 0.250 e. The van der Waals surface area contributed by atoms with Crippen molar-refractivity contribution in [2.24, 2.45) is 0 Å². The molecule has 1 saturated heterocycles. The molecule has 0 aromatic heterocycles. The minimum atomic E-state index is -0.0440. The summed E-state index contributed by atoms with van der Waals surface area (Å²) in [4.78, 5) is 12.7. The molecule has 1 heterocycles. The van der Waals surface area contributed by atoms with Crippen molar-refractivity contribution < 1.29 is 4.79 Å². The van der Waals surface area contributed by atoms with E-state index in [0.29, 0.717) is 5.82 Å². The van der Waals surface area contributed by atoms with Gasteiger partial charge in [0.15, 0.2) is 0 Å². The van der Waals surface area contributed by atoms with Crippen LogP contribution in [-0.2, 0) is 4.79 Å². The highest BCUT2D eigenvalue weighted by Crippen LogP contribution is 2.10. The van der Waals surface area contributed by atoms with E-state index in [9.17, 15) is 4.79 Å². The summed E-state index contributed by atoms with van der Waals surface area (Å²) in [5.41, 5.74) is 0. The van der Waals surface area contributed by atoms with Crippen molar-refractivity contribution in [3.8, 4) is 0 Å². The van der Waals surface area contributed by atoms with E-state index in [2.05, 4.69) is 11.9 Å². The summed E-state index contributed by atoms with van der Waals surface area (Å²) >= 11 is 0. The van der Waals surface area contributed by atoms with Gasteiger partial charge in [-0.25, -0.2) is 0 Å². The van der Waals surface area contributed by atoms with Gasteiger partial charge in [0.05, 0.1) is 0 Å². The van der Waals surface area contributed by atoms with Crippen LogP contribution in [0.15, 0.2) is 12.4 Å². The first-order valence-corrected chi connectivity index (χ1v) is 3.39. The minimum Gasteiger partial charge on any atom is -0.360 e. The predicted octanol–water partition coefficient (Wildman–Crippen LogP) is 0.298. The van der Waals surface area contributed by atoms with Crippen molar-refractivity contribution in [2.45, 2.75) is 19.4 Å². The van der Waals surface area contributed by atoms with Crippen LogP contribution >= 0.6 is 0 Å². The zero-order valence-electron chi connectivity index (χ0n) is 6.35. The molecule has 1 N–H and O–H groups in total. The summed E-state index contributed by atoms with van der Waals surface area (Å²) in [7, 11) is 1.73. The third-order valence-electron chi connectivity index (χ3n) is 1.78. The second kappa shape index (κ2) is 2.33. The summed E-state index contributed by atoms with van der Waals surface area (Å²) in [6, 6.07) is -0.0440. The van der Waals surface area contributed by atoms with Crippen LogP contribution in [0, 0.1) is 0 Å². The van der Waals surface area contributed by atoms with Crippen LogP contribution in [-0.4, -0.2) is 23.9 Å². The van der Waals surface area contributed by atoms with Gasteiger partial charge in [-0.2, -0.15) is 0 Å². The van der Waals surface area contributed by atoms with Crippen LogP contribution in [0.5, 0.6) is 0 Å². The van der Waals surface area contributed by atoms with E-state index >= 15 is 0 Å². The minimum absolute atomic E-state index is 0.0440. The maximum absolute atomic E-state index is 11.1. The fraction of sp³-hybridized carbons (Fsp3) is 0.571. The lowest BCUT2D eigenvalue weighted by molar-refractivity contribution is -0.127. The molecule has 0 aliphatic carbocycles. The Morgan fingerprint density at radius 1 is 1.80 bits per heavy atom. The van der Waals surface area contributed by atoms with Gasteiger partial charge in [-0.1, -0.05) is 13.5 Å². The number of carbonyl (C=O) groups is 1. The Morgan fingerprint density at radius 3 is 2.60 bits per heavy atom. The summed E-state index contributed by atoms with van der Waals surface area (Å²) < 4.78 is 0. The van der Waals surface area contributed by atoms with E-state index in [0.717, 1.165) is 6.42 Å². The molecule has 0 aromatic carbocycles. The van der Waals surface area contributed by atoms with Gasteiger partial charge in [-0.05, 0) is 6.42 Å². The van der Waals surface area contributed by atoms with Crippen molar-refractivity contribution in [3.63, 3.8) is 0 Å². The number of nitrogens with zero attached hydrogens (tertiary/aromatic N) is 1. The molecule has 56 valence electrons. The van der Waals surface area contributed by atoms with Crippen molar-refractivity contribution in [1.29, 1.82) is 0 Å². The highest BCUT2D eigenvalue weighted by Gasteiger charge is 2.29. The molecule has 10 heavy (non-hydrogen) atoms. The quantitative estimate of drug-likeness (QED) is 0.568. The van der Waals surface area contributed by atoms with Crippen LogP contribution in [0.1, 0.15) is 13.3 Å². The Morgan fingerprint density at radius 2 is 2.40 bits per heavy atom. The third-order valence-corrected chi connectivity index (χ3v) is 1.78. The molecule has 0 bridgehead atoms. The first-order chi connectivity index (χ1) is 4.66. The molecule has 3 heteroatoms. The van der Waals surface area contributed by atoms with Crippen LogP contribution in [0.25, 0.3) is 0 Å². The van der Waals surface area contributed by atoms with Crippen LogP contribution in [0.4, 0.5) is 0 Å². The summed E-state index contributed by atoms with van der Waals surface area (Å²) in [6.45, 7) is 5.65. The third kappa shape index (κ3) is 0.875. The van der Waals surface area contributed by atoms with Crippen molar-refractivity contribution in [1.82, 2.24) is 10.2 Å². The second-order valence-electron chi connectivity index (χ2n) is 2.45. The molecule has 0 saturated carbocycles. The van der Waals surface area contributed by atoms with Gasteiger partial charge in [-0.3, -0.25) is 4.79 Å². The number of rotatable bonds is 1. The maximum atomic E-state index is 11.1. The average molecular weight is 140 g/mol. The first kappa shape index (κ1) is 7.12. The fourth-order valence-corrected chi connectivity index (χ4v) is 1.00. The Bertz CT molecular complexity index is 176. The van der Waals surface area contributed by atoms with Gasteiger partial charge in [0.2, 0.25) is 5.91 Å². The molecule has 1 rings (SSSR count). The van der Waals surface area contributed by atoms with Gasteiger partial charge in [0, 0.05) is 7.05 Å². The molecular formula is C7H12N2O. The SMILES string of the molecule is C=C1NC(CC)C(=O)N1C. The lowest BCUT2D eigenvalue weighted by Crippen LogP contribution is -2.27. The zero-order chi connectivity index (χ0) is 7.72. The Hall–Kier alpha value is -0.990. The molecule has 0 radical (unpaired) electrons. The van der Waals surface area contributed by atoms with Crippen molar-refractivity contribution >= 4 is 5.91 Å². The Balaban J connectivity index is 2.71. The number of nitrogens with one attached hydrogen (secondary N) is 1. The molecule has 1 atom stereocenters. The van der Waals surface area contributed by atoms with E-state index in [4.69, 9.17) is 0 Å². The topological polar surface area (TPSA) is 32.3 Å². The monoisotopic (exact) mass is 140 g/mol. The number of hydrogen-bond donors (Lipinski definition) is 1. The number of hydrogen-bond acceptors (Lipinski definition) is 2. The summed E-state index contributed by atoms with van der Waals surface area (Å²) in [5, 5.41) is 2.98. The zero-order valence-corrected chi connectivity index (χ0v) is 6.35. The lowest BCUT2D eigenvalue weighted by Gasteiger charge is -2.05. The van der Waals surface area contributed by atoms with Crippen molar-refractivity contribution in [2.75, 3.05) is 7.05 Å². The van der Waals surface area contributed by atoms with Crippen LogP contribution in [0.3, 0.4) is 0 Å². The van der Waals surface area contributed by atoms with E-state index in [1.165, 1.54) is 0 Å². The molecule has 1 amide bonds. The highest BCUT2D eigenvalue weighted by molar-refractivity contribution is 5.85. The van der Waals surface area contributed by atoms with Crippen LogP contribution in [0.2, 0.25) is 0 Å². The normalized spacial score (nSPS) is 25.4. The number of likely N-dealkylation sites (N-methyl/N-ethyl adjacent to an activating group) is 1. The largest absolute Gasteiger partial charge is 0.360 e. The second-order valence-corrected chi connectivity index (χ2v) is 2.45. The first-order valence-electron chi connectivity index (χ1n) is 3.39. The lowest BCUT2D eigenvalue weighted by atomic mass is 10.2. The number of carbonyl (C=O) groups excluding carboxylic acids is 1. The molecule has 1 unspecified atom stereocenters. The fourth-order valence-electron chi connectivity index (χ4n) is 1.00. The number of amides is 1. The molecule has 1 aliphatic heterocycles. The van der Waals surface area contributed by atoms with E-state index < -0.39 is 0 Å². The Kier molecular flexibility index (Phi) is 1.66. The maximum Gasteiger partial charge on any atom is 0.250 e. The molecular weight excluding hydrogens is 128 g/mol. The van der Waals surface area contributed by atoms with Crippen molar-refractivity contribution in [3.05, 3.63) is 12.4 Å². The predicted molar refractivity (Wildman–Crippen MR) is 39.1 cm³/mol. The van der Waals surface area contributed by atoms with Gasteiger partial charge in [-0.15, -0.1) is 0 Å². The van der Waals surface area contributed by atoms with E-state index in [1.807, 2.05) is 6.92 Å². The molecule has 3 nitrogen and oxygen atoms in total. The molecule has 0 spiro atoms.